The Morgan fingerprint density at radius 1 is 1.15 bits per heavy atom. The van der Waals surface area contributed by atoms with Gasteiger partial charge in [-0.25, -0.2) is 5.01 Å². The summed E-state index contributed by atoms with van der Waals surface area (Å²) in [5, 5.41) is 21.6. The van der Waals surface area contributed by atoms with Gasteiger partial charge < -0.3 is 9.15 Å². The van der Waals surface area contributed by atoms with E-state index in [-0.39, 0.29) is 17.0 Å². The third kappa shape index (κ3) is 4.41. The summed E-state index contributed by atoms with van der Waals surface area (Å²) >= 11 is 10.7. The lowest BCUT2D eigenvalue weighted by Gasteiger charge is -2.45. The Balaban J connectivity index is 1.33. The normalized spacial score (nSPS) is 21.9. The van der Waals surface area contributed by atoms with E-state index in [1.54, 1.807) is 41.4 Å². The van der Waals surface area contributed by atoms with Crippen LogP contribution in [0.4, 0.5) is 10.5 Å². The zero-order valence-electron chi connectivity index (χ0n) is 20.9. The summed E-state index contributed by atoms with van der Waals surface area (Å²) in [6.45, 7) is 0. The highest BCUT2D eigenvalue weighted by atomic mass is 79.9. The van der Waals surface area contributed by atoms with Gasteiger partial charge in [-0.1, -0.05) is 51.8 Å². The van der Waals surface area contributed by atoms with Gasteiger partial charge in [-0.3, -0.25) is 20.2 Å². The Kier molecular flexibility index (Phi) is 6.18. The van der Waals surface area contributed by atoms with E-state index < -0.39 is 10.8 Å². The molecule has 1 aromatic heterocycles. The topological polar surface area (TPSA) is 110 Å². The Morgan fingerprint density at radius 2 is 1.95 bits per heavy atom. The van der Waals surface area contributed by atoms with Crippen LogP contribution >= 0.6 is 39.3 Å². The van der Waals surface area contributed by atoms with E-state index in [0.29, 0.717) is 39.2 Å². The molecule has 204 valence electrons. The Labute approximate surface area is 251 Å². The van der Waals surface area contributed by atoms with Crippen molar-refractivity contribution in [3.8, 4) is 17.1 Å². The van der Waals surface area contributed by atoms with Crippen LogP contribution in [0.5, 0.6) is 5.75 Å². The van der Waals surface area contributed by atoms with Crippen LogP contribution in [0.15, 0.2) is 97.8 Å². The van der Waals surface area contributed by atoms with Gasteiger partial charge in [-0.2, -0.15) is 5.10 Å². The number of carbonyl (C=O) groups excluding carboxylic acids is 1. The minimum absolute atomic E-state index is 0.0630. The second-order valence-corrected chi connectivity index (χ2v) is 11.9. The predicted octanol–water partition coefficient (Wildman–Crippen LogP) is 7.97. The van der Waals surface area contributed by atoms with E-state index in [1.165, 1.54) is 6.07 Å². The first kappa shape index (κ1) is 25.9. The molecule has 1 fully saturated rings. The van der Waals surface area contributed by atoms with E-state index in [2.05, 4.69) is 21.2 Å². The summed E-state index contributed by atoms with van der Waals surface area (Å²) in [6.07, 6.45) is 2.28. The van der Waals surface area contributed by atoms with Crippen molar-refractivity contribution in [2.45, 2.75) is 18.3 Å². The van der Waals surface area contributed by atoms with Gasteiger partial charge in [0.05, 0.1) is 27.1 Å². The van der Waals surface area contributed by atoms with Crippen molar-refractivity contribution in [3.05, 3.63) is 120 Å². The first-order chi connectivity index (χ1) is 19.8. The average molecular weight is 650 g/mol. The number of ether oxygens (including phenoxy) is 1. The third-order valence-corrected chi connectivity index (χ3v) is 8.72. The molecule has 2 unspecified atom stereocenters. The van der Waals surface area contributed by atoms with Crippen LogP contribution in [0, 0.1) is 10.1 Å². The smallest absolute Gasteiger partial charge is 0.314 e. The number of nitrogens with zero attached hydrogens (tertiary/aromatic N) is 3. The number of nitro benzene ring substituents is 1. The van der Waals surface area contributed by atoms with Gasteiger partial charge in [0, 0.05) is 27.5 Å². The Bertz CT molecular complexity index is 1810. The Morgan fingerprint density at radius 3 is 2.76 bits per heavy atom. The molecular weight excluding hydrogens is 632 g/mol. The highest BCUT2D eigenvalue weighted by Gasteiger charge is 2.58. The highest BCUT2D eigenvalue weighted by Crippen LogP contribution is 2.53. The molecule has 1 saturated heterocycles. The van der Waals surface area contributed by atoms with Gasteiger partial charge >= 0.3 is 5.85 Å². The molecule has 41 heavy (non-hydrogen) atoms. The number of furan rings is 1. The van der Waals surface area contributed by atoms with E-state index >= 15 is 0 Å². The van der Waals surface area contributed by atoms with Crippen LogP contribution in [0.25, 0.3) is 17.4 Å². The number of halogens is 2. The number of thioether (sulfide) groups is 1. The number of carbonyl (C=O) groups is 1. The van der Waals surface area contributed by atoms with Crippen LogP contribution < -0.4 is 10.1 Å². The number of rotatable bonds is 4. The number of benzene rings is 3. The van der Waals surface area contributed by atoms with Crippen LogP contribution in [-0.2, 0) is 0 Å². The van der Waals surface area contributed by atoms with Crippen molar-refractivity contribution in [1.82, 2.24) is 10.3 Å². The second-order valence-electron chi connectivity index (χ2n) is 9.55. The summed E-state index contributed by atoms with van der Waals surface area (Å²) in [4.78, 5) is 24.6. The number of hydrogen-bond donors (Lipinski definition) is 1. The van der Waals surface area contributed by atoms with Gasteiger partial charge in [0.2, 0.25) is 0 Å². The molecule has 0 bridgehead atoms. The van der Waals surface area contributed by atoms with E-state index in [0.717, 1.165) is 33.1 Å². The summed E-state index contributed by atoms with van der Waals surface area (Å²) in [6, 6.07) is 22.7. The number of para-hydroxylation sites is 1. The molecule has 12 heteroatoms. The first-order valence-electron chi connectivity index (χ1n) is 12.5. The monoisotopic (exact) mass is 648 g/mol. The maximum Gasteiger partial charge on any atom is 0.314 e. The quantitative estimate of drug-likeness (QED) is 0.176. The molecule has 1 amide bonds. The number of nitrogens with one attached hydrogen (secondary N) is 1. The average Bonchev–Trinajstić information content (AvgIpc) is 3.68. The van der Waals surface area contributed by atoms with E-state index in [1.807, 2.05) is 42.5 Å². The highest BCUT2D eigenvalue weighted by molar-refractivity contribution is 9.10. The SMILES string of the molecule is O=C1NC2(Oc3ccc(Br)cc3C3CC(c4ccc(Cl)cc4)=NN32)C(=Cc2ccc(-c3ccccc3[N+](=O)[O-])o2)S1. The van der Waals surface area contributed by atoms with E-state index in [9.17, 15) is 14.9 Å². The molecule has 4 heterocycles. The third-order valence-electron chi connectivity index (χ3n) is 7.07. The predicted molar refractivity (Wildman–Crippen MR) is 160 cm³/mol. The fourth-order valence-electron chi connectivity index (χ4n) is 5.25. The molecule has 3 aliphatic rings. The van der Waals surface area contributed by atoms with Gasteiger partial charge in [0.15, 0.2) is 0 Å². The number of hydrazone groups is 1. The summed E-state index contributed by atoms with van der Waals surface area (Å²) in [5.41, 5.74) is 2.96. The molecule has 9 nitrogen and oxygen atoms in total. The van der Waals surface area contributed by atoms with Gasteiger partial charge in [0.25, 0.3) is 10.9 Å². The van der Waals surface area contributed by atoms with Crippen molar-refractivity contribution in [2.24, 2.45) is 5.10 Å². The lowest BCUT2D eigenvalue weighted by atomic mass is 9.96. The molecule has 0 saturated carbocycles. The molecule has 0 aliphatic carbocycles. The molecule has 7 rings (SSSR count). The maximum absolute atomic E-state index is 12.9. The molecule has 0 radical (unpaired) electrons. The molecule has 2 atom stereocenters. The van der Waals surface area contributed by atoms with Crippen LogP contribution in [0.1, 0.15) is 29.3 Å². The number of hydrogen-bond acceptors (Lipinski definition) is 8. The molecule has 4 aromatic rings. The molecule has 1 N–H and O–H groups in total. The Hall–Kier alpha value is -4.06. The van der Waals surface area contributed by atoms with Crippen molar-refractivity contribution in [1.29, 1.82) is 0 Å². The van der Waals surface area contributed by atoms with Crippen molar-refractivity contribution in [2.75, 3.05) is 0 Å². The minimum Gasteiger partial charge on any atom is -0.456 e. The van der Waals surface area contributed by atoms with Crippen molar-refractivity contribution in [3.63, 3.8) is 0 Å². The zero-order chi connectivity index (χ0) is 28.3. The standard InChI is InChI=1S/C29H18BrClN4O5S/c30-17-7-11-26-21(13-17)24-15-22(16-5-8-18(31)9-6-16)33-34(24)29(40-26)27(41-28(36)32-29)14-19-10-12-25(39-19)20-3-1-2-4-23(20)35(37)38/h1-14,24H,15H2,(H,32,36). The summed E-state index contributed by atoms with van der Waals surface area (Å²) in [5.74, 6) is -0.0647. The fourth-order valence-corrected chi connectivity index (χ4v) is 6.65. The molecule has 3 aromatic carbocycles. The number of nitro groups is 1. The van der Waals surface area contributed by atoms with Crippen molar-refractivity contribution >= 4 is 62.0 Å². The zero-order valence-corrected chi connectivity index (χ0v) is 24.1. The van der Waals surface area contributed by atoms with E-state index in [4.69, 9.17) is 25.9 Å². The van der Waals surface area contributed by atoms with Crippen molar-refractivity contribution < 1.29 is 18.9 Å². The molecule has 1 spiro atoms. The molecule has 3 aliphatic heterocycles. The first-order valence-corrected chi connectivity index (χ1v) is 14.5. The maximum atomic E-state index is 12.9. The largest absolute Gasteiger partial charge is 0.456 e. The lowest BCUT2D eigenvalue weighted by molar-refractivity contribution is -0.384. The van der Waals surface area contributed by atoms with Gasteiger partial charge in [-0.05, 0) is 71.9 Å². The van der Waals surface area contributed by atoms with Crippen LogP contribution in [0.3, 0.4) is 0 Å². The fraction of sp³-hybridized carbons (Fsp3) is 0.103. The van der Waals surface area contributed by atoms with Gasteiger partial charge in [0.1, 0.15) is 17.3 Å². The van der Waals surface area contributed by atoms with Crippen LogP contribution in [-0.4, -0.2) is 26.7 Å². The summed E-state index contributed by atoms with van der Waals surface area (Å²) < 4.78 is 13.5. The van der Waals surface area contributed by atoms with Crippen LogP contribution in [0.2, 0.25) is 5.02 Å². The second kappa shape index (κ2) is 9.79. The number of fused-ring (bicyclic) bond motifs is 4. The van der Waals surface area contributed by atoms with Gasteiger partial charge in [-0.15, -0.1) is 0 Å². The number of amides is 1. The summed E-state index contributed by atoms with van der Waals surface area (Å²) in [7, 11) is 0. The molecular formula is C29H18BrClN4O5S. The minimum atomic E-state index is -1.42. The lowest BCUT2D eigenvalue weighted by Crippen LogP contribution is -2.61.